The van der Waals surface area contributed by atoms with Crippen molar-refractivity contribution in [3.8, 4) is 5.75 Å². The van der Waals surface area contributed by atoms with Crippen LogP contribution in [0, 0.1) is 15.2 Å². The lowest BCUT2D eigenvalue weighted by molar-refractivity contribution is 0.473. The fourth-order valence-corrected chi connectivity index (χ4v) is 2.71. The summed E-state index contributed by atoms with van der Waals surface area (Å²) in [6.07, 6.45) is 0. The normalized spacial score (nSPS) is 11.3. The van der Waals surface area contributed by atoms with Crippen molar-refractivity contribution in [3.63, 3.8) is 0 Å². The van der Waals surface area contributed by atoms with Gasteiger partial charge >= 0.3 is 10.1 Å². The zero-order valence-electron chi connectivity index (χ0n) is 9.31. The first-order valence-electron chi connectivity index (χ1n) is 5.03. The van der Waals surface area contributed by atoms with E-state index in [-0.39, 0.29) is 5.75 Å². The molecule has 7 heteroatoms. The van der Waals surface area contributed by atoms with Crippen molar-refractivity contribution in [2.45, 2.75) is 4.90 Å². The number of benzene rings is 2. The molecule has 0 aliphatic heterocycles. The summed E-state index contributed by atoms with van der Waals surface area (Å²) in [5.74, 6) is -1.89. The fraction of sp³-hybridized carbons (Fsp3) is 0. The Bertz CT molecular complexity index is 699. The van der Waals surface area contributed by atoms with Crippen molar-refractivity contribution in [3.05, 3.63) is 57.7 Å². The second kappa shape index (κ2) is 5.41. The number of halogens is 3. The van der Waals surface area contributed by atoms with E-state index in [0.29, 0.717) is 6.07 Å². The molecule has 0 aromatic heterocycles. The summed E-state index contributed by atoms with van der Waals surface area (Å²) in [4.78, 5) is -0.828. The van der Waals surface area contributed by atoms with Gasteiger partial charge in [-0.25, -0.2) is 8.78 Å². The molecule has 0 saturated heterocycles. The van der Waals surface area contributed by atoms with Gasteiger partial charge in [0.05, 0.1) is 0 Å². The van der Waals surface area contributed by atoms with Crippen LogP contribution in [0.25, 0.3) is 0 Å². The number of hydrogen-bond acceptors (Lipinski definition) is 3. The third kappa shape index (κ3) is 3.41. The van der Waals surface area contributed by atoms with E-state index >= 15 is 0 Å². The van der Waals surface area contributed by atoms with Crippen LogP contribution >= 0.6 is 22.6 Å². The molecule has 0 amide bonds. The van der Waals surface area contributed by atoms with Gasteiger partial charge in [-0.05, 0) is 65.1 Å². The molecule has 0 unspecified atom stereocenters. The van der Waals surface area contributed by atoms with Gasteiger partial charge in [0.2, 0.25) is 0 Å². The second-order valence-corrected chi connectivity index (χ2v) is 6.33. The predicted octanol–water partition coefficient (Wildman–Crippen LogP) is 3.34. The Morgan fingerprint density at radius 1 is 1.00 bits per heavy atom. The smallest absolute Gasteiger partial charge is 0.342 e. The Hall–Kier alpha value is -1.22. The van der Waals surface area contributed by atoms with Crippen LogP contribution in [0.4, 0.5) is 8.78 Å². The van der Waals surface area contributed by atoms with E-state index in [2.05, 4.69) is 0 Å². The molecule has 0 atom stereocenters. The summed E-state index contributed by atoms with van der Waals surface area (Å²) >= 11 is 2.04. The van der Waals surface area contributed by atoms with E-state index < -0.39 is 26.6 Å². The van der Waals surface area contributed by atoms with E-state index in [1.54, 1.807) is 12.1 Å². The third-order valence-electron chi connectivity index (χ3n) is 2.18. The largest absolute Gasteiger partial charge is 0.379 e. The first-order chi connectivity index (χ1) is 8.88. The van der Waals surface area contributed by atoms with Crippen molar-refractivity contribution < 1.29 is 21.4 Å². The molecule has 0 radical (unpaired) electrons. The maximum Gasteiger partial charge on any atom is 0.342 e. The van der Waals surface area contributed by atoms with Crippen molar-refractivity contribution in [1.29, 1.82) is 0 Å². The van der Waals surface area contributed by atoms with Crippen LogP contribution in [0.2, 0.25) is 0 Å². The van der Waals surface area contributed by atoms with E-state index in [9.17, 15) is 17.2 Å². The molecule has 0 saturated carbocycles. The molecule has 0 heterocycles. The average molecular weight is 396 g/mol. The molecule has 100 valence electrons. The first kappa shape index (κ1) is 14.2. The molecule has 2 rings (SSSR count). The second-order valence-electron chi connectivity index (χ2n) is 3.57. The van der Waals surface area contributed by atoms with Crippen molar-refractivity contribution >= 4 is 32.7 Å². The van der Waals surface area contributed by atoms with Gasteiger partial charge in [-0.15, -0.1) is 0 Å². The van der Waals surface area contributed by atoms with E-state index in [1.807, 2.05) is 22.6 Å². The standard InChI is InChI=1S/C12H7F2IO3S/c13-8-1-6-11(14)12(7-8)19(16,17)18-10-4-2-9(15)3-5-10/h1-7H. The van der Waals surface area contributed by atoms with Crippen LogP contribution in [0.1, 0.15) is 0 Å². The van der Waals surface area contributed by atoms with Crippen molar-refractivity contribution in [2.75, 3.05) is 0 Å². The van der Waals surface area contributed by atoms with Crippen molar-refractivity contribution in [1.82, 2.24) is 0 Å². The van der Waals surface area contributed by atoms with Crippen molar-refractivity contribution in [2.24, 2.45) is 0 Å². The molecule has 0 spiro atoms. The molecule has 2 aromatic carbocycles. The summed E-state index contributed by atoms with van der Waals surface area (Å²) in [7, 11) is -4.40. The predicted molar refractivity (Wildman–Crippen MR) is 73.3 cm³/mol. The van der Waals surface area contributed by atoms with Gasteiger partial charge in [0.15, 0.2) is 0 Å². The average Bonchev–Trinajstić information content (AvgIpc) is 2.35. The zero-order chi connectivity index (χ0) is 14.0. The van der Waals surface area contributed by atoms with Gasteiger partial charge in [-0.1, -0.05) is 0 Å². The number of hydrogen-bond donors (Lipinski definition) is 0. The van der Waals surface area contributed by atoms with Gasteiger partial charge in [-0.2, -0.15) is 8.42 Å². The molecule has 0 fully saturated rings. The minimum absolute atomic E-state index is 0.0316. The molecular formula is C12H7F2IO3S. The molecule has 19 heavy (non-hydrogen) atoms. The molecule has 0 bridgehead atoms. The molecule has 0 N–H and O–H groups in total. The topological polar surface area (TPSA) is 43.4 Å². The first-order valence-corrected chi connectivity index (χ1v) is 7.52. The summed E-state index contributed by atoms with van der Waals surface area (Å²) in [6, 6.07) is 8.27. The highest BCUT2D eigenvalue weighted by Gasteiger charge is 2.22. The summed E-state index contributed by atoms with van der Waals surface area (Å²) < 4.78 is 55.7. The maximum absolute atomic E-state index is 13.4. The molecule has 2 aromatic rings. The minimum Gasteiger partial charge on any atom is -0.379 e. The fourth-order valence-electron chi connectivity index (χ4n) is 1.33. The lowest BCUT2D eigenvalue weighted by atomic mass is 10.3. The minimum atomic E-state index is -4.40. The Labute approximate surface area is 122 Å². The monoisotopic (exact) mass is 396 g/mol. The SMILES string of the molecule is O=S(=O)(Oc1ccc(I)cc1)c1cc(F)ccc1F. The lowest BCUT2D eigenvalue weighted by Gasteiger charge is -2.07. The lowest BCUT2D eigenvalue weighted by Crippen LogP contribution is -2.12. The number of rotatable bonds is 3. The Balaban J connectivity index is 2.37. The van der Waals surface area contributed by atoms with E-state index in [1.165, 1.54) is 12.1 Å². The summed E-state index contributed by atoms with van der Waals surface area (Å²) in [6.45, 7) is 0. The quantitative estimate of drug-likeness (QED) is 0.591. The Morgan fingerprint density at radius 2 is 1.63 bits per heavy atom. The highest BCUT2D eigenvalue weighted by atomic mass is 127. The molecule has 0 aliphatic rings. The Kier molecular flexibility index (Phi) is 4.04. The van der Waals surface area contributed by atoms with Gasteiger partial charge in [-0.3, -0.25) is 0 Å². The van der Waals surface area contributed by atoms with Gasteiger partial charge < -0.3 is 4.18 Å². The maximum atomic E-state index is 13.4. The van der Waals surface area contributed by atoms with Gasteiger partial charge in [0, 0.05) is 3.57 Å². The van der Waals surface area contributed by atoms with Crippen LogP contribution in [0.3, 0.4) is 0 Å². The summed E-state index contributed by atoms with van der Waals surface area (Å²) in [5, 5.41) is 0. The van der Waals surface area contributed by atoms with E-state index in [0.717, 1.165) is 15.7 Å². The van der Waals surface area contributed by atoms with Crippen LogP contribution < -0.4 is 4.18 Å². The third-order valence-corrected chi connectivity index (χ3v) is 4.16. The van der Waals surface area contributed by atoms with Gasteiger partial charge in [0.25, 0.3) is 0 Å². The Morgan fingerprint density at radius 3 is 2.26 bits per heavy atom. The molecular weight excluding hydrogens is 389 g/mol. The van der Waals surface area contributed by atoms with Crippen LogP contribution in [-0.2, 0) is 10.1 Å². The van der Waals surface area contributed by atoms with Crippen LogP contribution in [0.15, 0.2) is 47.4 Å². The zero-order valence-corrected chi connectivity index (χ0v) is 12.3. The molecule has 3 nitrogen and oxygen atoms in total. The highest BCUT2D eigenvalue weighted by Crippen LogP contribution is 2.22. The van der Waals surface area contributed by atoms with E-state index in [4.69, 9.17) is 4.18 Å². The summed E-state index contributed by atoms with van der Waals surface area (Å²) in [5.41, 5.74) is 0. The van der Waals surface area contributed by atoms with Gasteiger partial charge in [0.1, 0.15) is 22.3 Å². The highest BCUT2D eigenvalue weighted by molar-refractivity contribution is 14.1. The van der Waals surface area contributed by atoms with Crippen LogP contribution in [0.5, 0.6) is 5.75 Å². The molecule has 0 aliphatic carbocycles. The van der Waals surface area contributed by atoms with Crippen LogP contribution in [-0.4, -0.2) is 8.42 Å².